The molecule has 1 fully saturated rings. The molecule has 2 N–H and O–H groups in total. The maximum atomic E-state index is 12.2. The van der Waals surface area contributed by atoms with Crippen LogP contribution in [0.3, 0.4) is 0 Å². The van der Waals surface area contributed by atoms with Gasteiger partial charge in [0, 0.05) is 38.8 Å². The summed E-state index contributed by atoms with van der Waals surface area (Å²) >= 11 is 6.07. The standard InChI is InChI=1S/C12H16ClN3O/c1-14-11-3-2-9(8-10(11)13)12(17)16-6-4-15-5-7-16/h2-3,8,14-15H,4-7H2,1H3. The maximum Gasteiger partial charge on any atom is 0.253 e. The highest BCUT2D eigenvalue weighted by atomic mass is 35.5. The Kier molecular flexibility index (Phi) is 3.86. The predicted octanol–water partition coefficient (Wildman–Crippen LogP) is 1.43. The van der Waals surface area contributed by atoms with Crippen LogP contribution in [0.1, 0.15) is 10.4 Å². The Bertz CT molecular complexity index is 416. The van der Waals surface area contributed by atoms with Crippen LogP contribution in [0.25, 0.3) is 0 Å². The number of rotatable bonds is 2. The van der Waals surface area contributed by atoms with Crippen LogP contribution >= 0.6 is 11.6 Å². The van der Waals surface area contributed by atoms with Crippen molar-refractivity contribution < 1.29 is 4.79 Å². The molecule has 0 unspecified atom stereocenters. The molecule has 1 aliphatic rings. The van der Waals surface area contributed by atoms with Crippen molar-refractivity contribution >= 4 is 23.2 Å². The van der Waals surface area contributed by atoms with Crippen LogP contribution < -0.4 is 10.6 Å². The summed E-state index contributed by atoms with van der Waals surface area (Å²) in [7, 11) is 1.80. The summed E-state index contributed by atoms with van der Waals surface area (Å²) in [6.45, 7) is 3.22. The Labute approximate surface area is 106 Å². The summed E-state index contributed by atoms with van der Waals surface area (Å²) < 4.78 is 0. The van der Waals surface area contributed by atoms with Crippen LogP contribution in [0.15, 0.2) is 18.2 Å². The number of halogens is 1. The van der Waals surface area contributed by atoms with Crippen molar-refractivity contribution in [3.63, 3.8) is 0 Å². The molecular weight excluding hydrogens is 238 g/mol. The lowest BCUT2D eigenvalue weighted by atomic mass is 10.1. The molecule has 4 nitrogen and oxygen atoms in total. The van der Waals surface area contributed by atoms with Crippen LogP contribution in [-0.2, 0) is 0 Å². The summed E-state index contributed by atoms with van der Waals surface area (Å²) in [6, 6.07) is 5.36. The number of piperazine rings is 1. The molecule has 1 aliphatic heterocycles. The van der Waals surface area contributed by atoms with Gasteiger partial charge >= 0.3 is 0 Å². The SMILES string of the molecule is CNc1ccc(C(=O)N2CCNCC2)cc1Cl. The van der Waals surface area contributed by atoms with Gasteiger partial charge in [0.2, 0.25) is 0 Å². The largest absolute Gasteiger partial charge is 0.387 e. The van der Waals surface area contributed by atoms with E-state index >= 15 is 0 Å². The lowest BCUT2D eigenvalue weighted by Crippen LogP contribution is -2.46. The van der Waals surface area contributed by atoms with Crippen molar-refractivity contribution in [1.29, 1.82) is 0 Å². The lowest BCUT2D eigenvalue weighted by molar-refractivity contribution is 0.0736. The monoisotopic (exact) mass is 253 g/mol. The van der Waals surface area contributed by atoms with E-state index in [9.17, 15) is 4.79 Å². The van der Waals surface area contributed by atoms with Gasteiger partial charge < -0.3 is 15.5 Å². The molecule has 1 heterocycles. The third-order valence-corrected chi connectivity index (χ3v) is 3.20. The molecule has 17 heavy (non-hydrogen) atoms. The van der Waals surface area contributed by atoms with Gasteiger partial charge in [0.25, 0.3) is 5.91 Å². The van der Waals surface area contributed by atoms with Crippen molar-refractivity contribution in [2.75, 3.05) is 38.5 Å². The first kappa shape index (κ1) is 12.2. The Hall–Kier alpha value is -1.26. The zero-order chi connectivity index (χ0) is 12.3. The van der Waals surface area contributed by atoms with E-state index in [0.29, 0.717) is 10.6 Å². The number of carbonyl (C=O) groups is 1. The van der Waals surface area contributed by atoms with Gasteiger partial charge in [-0.2, -0.15) is 0 Å². The van der Waals surface area contributed by atoms with E-state index < -0.39 is 0 Å². The molecule has 92 valence electrons. The average molecular weight is 254 g/mol. The van der Waals surface area contributed by atoms with Gasteiger partial charge in [-0.05, 0) is 18.2 Å². The Morgan fingerprint density at radius 1 is 1.41 bits per heavy atom. The molecule has 0 spiro atoms. The maximum absolute atomic E-state index is 12.2. The van der Waals surface area contributed by atoms with Crippen molar-refractivity contribution in [2.45, 2.75) is 0 Å². The number of amides is 1. The van der Waals surface area contributed by atoms with E-state index in [1.807, 2.05) is 17.0 Å². The van der Waals surface area contributed by atoms with Crippen LogP contribution in [0.4, 0.5) is 5.69 Å². The zero-order valence-electron chi connectivity index (χ0n) is 9.79. The number of anilines is 1. The van der Waals surface area contributed by atoms with Gasteiger partial charge in [0.15, 0.2) is 0 Å². The minimum absolute atomic E-state index is 0.0519. The molecule has 5 heteroatoms. The van der Waals surface area contributed by atoms with E-state index in [1.54, 1.807) is 13.1 Å². The number of carbonyl (C=O) groups excluding carboxylic acids is 1. The third-order valence-electron chi connectivity index (χ3n) is 2.89. The molecule has 0 saturated carbocycles. The highest BCUT2D eigenvalue weighted by Crippen LogP contribution is 2.23. The van der Waals surface area contributed by atoms with Gasteiger partial charge in [-0.15, -0.1) is 0 Å². The van der Waals surface area contributed by atoms with Gasteiger partial charge in [-0.3, -0.25) is 4.79 Å². The number of nitrogens with one attached hydrogen (secondary N) is 2. The molecule has 1 aromatic carbocycles. The molecule has 2 rings (SSSR count). The second-order valence-corrected chi connectivity index (χ2v) is 4.39. The molecule has 1 aromatic rings. The van der Waals surface area contributed by atoms with Gasteiger partial charge in [0.05, 0.1) is 10.7 Å². The van der Waals surface area contributed by atoms with Crippen LogP contribution in [0.5, 0.6) is 0 Å². The predicted molar refractivity (Wildman–Crippen MR) is 69.8 cm³/mol. The van der Waals surface area contributed by atoms with Crippen molar-refractivity contribution in [3.8, 4) is 0 Å². The molecule has 0 atom stereocenters. The highest BCUT2D eigenvalue weighted by Gasteiger charge is 2.18. The van der Waals surface area contributed by atoms with Gasteiger partial charge in [-0.1, -0.05) is 11.6 Å². The van der Waals surface area contributed by atoms with E-state index in [4.69, 9.17) is 11.6 Å². The third kappa shape index (κ3) is 2.70. The van der Waals surface area contributed by atoms with Crippen molar-refractivity contribution in [2.24, 2.45) is 0 Å². The van der Waals surface area contributed by atoms with Gasteiger partial charge in [-0.25, -0.2) is 0 Å². The summed E-state index contributed by atoms with van der Waals surface area (Å²) in [5, 5.41) is 6.77. The normalized spacial score (nSPS) is 15.8. The van der Waals surface area contributed by atoms with E-state index in [-0.39, 0.29) is 5.91 Å². The number of hydrogen-bond acceptors (Lipinski definition) is 3. The van der Waals surface area contributed by atoms with E-state index in [0.717, 1.165) is 31.9 Å². The Morgan fingerprint density at radius 2 is 2.12 bits per heavy atom. The van der Waals surface area contributed by atoms with Crippen molar-refractivity contribution in [1.82, 2.24) is 10.2 Å². The minimum atomic E-state index is 0.0519. The summed E-state index contributed by atoms with van der Waals surface area (Å²) in [4.78, 5) is 14.0. The lowest BCUT2D eigenvalue weighted by Gasteiger charge is -2.27. The summed E-state index contributed by atoms with van der Waals surface area (Å²) in [6.07, 6.45) is 0. The second kappa shape index (κ2) is 5.38. The topological polar surface area (TPSA) is 44.4 Å². The fourth-order valence-corrected chi connectivity index (χ4v) is 2.18. The van der Waals surface area contributed by atoms with Crippen LogP contribution in [-0.4, -0.2) is 44.0 Å². The summed E-state index contributed by atoms with van der Waals surface area (Å²) in [5.41, 5.74) is 1.49. The van der Waals surface area contributed by atoms with Crippen LogP contribution in [0.2, 0.25) is 5.02 Å². The first-order valence-corrected chi connectivity index (χ1v) is 6.07. The van der Waals surface area contributed by atoms with E-state index in [1.165, 1.54) is 0 Å². The highest BCUT2D eigenvalue weighted by molar-refractivity contribution is 6.33. The Morgan fingerprint density at radius 3 is 2.71 bits per heavy atom. The minimum Gasteiger partial charge on any atom is -0.387 e. The van der Waals surface area contributed by atoms with Crippen LogP contribution in [0, 0.1) is 0 Å². The second-order valence-electron chi connectivity index (χ2n) is 3.99. The quantitative estimate of drug-likeness (QED) is 0.838. The van der Waals surface area contributed by atoms with Crippen molar-refractivity contribution in [3.05, 3.63) is 28.8 Å². The fraction of sp³-hybridized carbons (Fsp3) is 0.417. The van der Waals surface area contributed by atoms with E-state index in [2.05, 4.69) is 10.6 Å². The number of hydrogen-bond donors (Lipinski definition) is 2. The first-order valence-electron chi connectivity index (χ1n) is 5.69. The molecule has 0 aliphatic carbocycles. The zero-order valence-corrected chi connectivity index (χ0v) is 10.5. The first-order chi connectivity index (χ1) is 8.22. The molecule has 0 bridgehead atoms. The average Bonchev–Trinajstić information content (AvgIpc) is 2.39. The smallest absolute Gasteiger partial charge is 0.253 e. The fourth-order valence-electron chi connectivity index (χ4n) is 1.90. The molecule has 1 amide bonds. The molecule has 0 aromatic heterocycles. The number of nitrogens with zero attached hydrogens (tertiary/aromatic N) is 1. The molecular formula is C12H16ClN3O. The van der Waals surface area contributed by atoms with Gasteiger partial charge in [0.1, 0.15) is 0 Å². The molecule has 0 radical (unpaired) electrons. The summed E-state index contributed by atoms with van der Waals surface area (Å²) in [5.74, 6) is 0.0519. The Balaban J connectivity index is 2.16. The number of benzene rings is 1. The molecule has 1 saturated heterocycles.